The van der Waals surface area contributed by atoms with Gasteiger partial charge in [-0.1, -0.05) is 6.07 Å². The van der Waals surface area contributed by atoms with Crippen molar-refractivity contribution < 1.29 is 18.7 Å². The van der Waals surface area contributed by atoms with E-state index in [1.54, 1.807) is 12.1 Å². The molecule has 2 heterocycles. The molecule has 150 valence electrons. The zero-order valence-electron chi connectivity index (χ0n) is 17.4. The number of nitrogens with zero attached hydrogens (tertiary/aromatic N) is 1. The fourth-order valence-corrected chi connectivity index (χ4v) is 3.26. The van der Waals surface area contributed by atoms with Gasteiger partial charge in [0.25, 0.3) is 0 Å². The Morgan fingerprint density at radius 1 is 1.00 bits per heavy atom. The minimum Gasteiger partial charge on any atom is -0.462 e. The number of hydrogen-bond acceptors (Lipinski definition) is 4. The topological polar surface area (TPSA) is 61.4 Å². The van der Waals surface area contributed by atoms with Crippen molar-refractivity contribution in [1.29, 1.82) is 0 Å². The molecule has 0 aliphatic rings. The average Bonchev–Trinajstić information content (AvgIpc) is 3.23. The SMILES string of the molecule is Cc1ccc(C=CC(=O)OCC(=O)c2cc(C)n(-c3ccc(C)c(C)c3)c2C)o1. The molecule has 0 N–H and O–H groups in total. The summed E-state index contributed by atoms with van der Waals surface area (Å²) in [5.41, 5.74) is 5.75. The summed E-state index contributed by atoms with van der Waals surface area (Å²) in [6.07, 6.45) is 2.77. The van der Waals surface area contributed by atoms with Crippen LogP contribution in [0.4, 0.5) is 0 Å². The van der Waals surface area contributed by atoms with Gasteiger partial charge in [-0.25, -0.2) is 4.79 Å². The molecule has 0 bridgehead atoms. The first-order chi connectivity index (χ1) is 13.8. The van der Waals surface area contributed by atoms with Crippen LogP contribution in [0.15, 0.2) is 46.9 Å². The number of esters is 1. The van der Waals surface area contributed by atoms with Crippen molar-refractivity contribution in [3.05, 3.63) is 82.1 Å². The van der Waals surface area contributed by atoms with Gasteiger partial charge in [-0.05, 0) is 82.2 Å². The van der Waals surface area contributed by atoms with E-state index in [9.17, 15) is 9.59 Å². The molecular formula is C24H25NO4. The molecule has 5 nitrogen and oxygen atoms in total. The number of aryl methyl sites for hydroxylation is 4. The maximum atomic E-state index is 12.6. The van der Waals surface area contributed by atoms with Gasteiger partial charge in [0.05, 0.1) is 0 Å². The van der Waals surface area contributed by atoms with E-state index in [2.05, 4.69) is 26.0 Å². The smallest absolute Gasteiger partial charge is 0.331 e. The number of rotatable bonds is 6. The van der Waals surface area contributed by atoms with Crippen molar-refractivity contribution in [3.63, 3.8) is 0 Å². The van der Waals surface area contributed by atoms with Crippen LogP contribution in [-0.2, 0) is 9.53 Å². The highest BCUT2D eigenvalue weighted by atomic mass is 16.5. The average molecular weight is 391 g/mol. The van der Waals surface area contributed by atoms with Crippen molar-refractivity contribution in [2.24, 2.45) is 0 Å². The van der Waals surface area contributed by atoms with Crippen molar-refractivity contribution in [1.82, 2.24) is 4.57 Å². The van der Waals surface area contributed by atoms with Gasteiger partial charge in [0, 0.05) is 28.7 Å². The monoisotopic (exact) mass is 391 g/mol. The molecule has 3 rings (SSSR count). The minimum absolute atomic E-state index is 0.233. The van der Waals surface area contributed by atoms with Crippen LogP contribution in [0, 0.1) is 34.6 Å². The molecular weight excluding hydrogens is 366 g/mol. The van der Waals surface area contributed by atoms with E-state index in [1.807, 2.05) is 37.5 Å². The first kappa shape index (κ1) is 20.4. The van der Waals surface area contributed by atoms with Gasteiger partial charge in [-0.3, -0.25) is 4.79 Å². The molecule has 5 heteroatoms. The summed E-state index contributed by atoms with van der Waals surface area (Å²) >= 11 is 0. The molecule has 0 saturated heterocycles. The molecule has 29 heavy (non-hydrogen) atoms. The maximum Gasteiger partial charge on any atom is 0.331 e. The number of benzene rings is 1. The van der Waals surface area contributed by atoms with Crippen LogP contribution >= 0.6 is 0 Å². The van der Waals surface area contributed by atoms with Gasteiger partial charge >= 0.3 is 5.97 Å². The van der Waals surface area contributed by atoms with Gasteiger partial charge in [-0.15, -0.1) is 0 Å². The summed E-state index contributed by atoms with van der Waals surface area (Å²) in [5, 5.41) is 0. The summed E-state index contributed by atoms with van der Waals surface area (Å²) in [4.78, 5) is 24.5. The molecule has 1 aromatic carbocycles. The first-order valence-electron chi connectivity index (χ1n) is 9.47. The minimum atomic E-state index is -0.588. The van der Waals surface area contributed by atoms with Crippen LogP contribution in [0.2, 0.25) is 0 Å². The highest BCUT2D eigenvalue weighted by Gasteiger charge is 2.18. The van der Waals surface area contributed by atoms with Gasteiger partial charge in [0.15, 0.2) is 6.61 Å². The third-order valence-electron chi connectivity index (χ3n) is 4.97. The molecule has 0 amide bonds. The van der Waals surface area contributed by atoms with Crippen molar-refractivity contribution in [3.8, 4) is 5.69 Å². The number of hydrogen-bond donors (Lipinski definition) is 0. The summed E-state index contributed by atoms with van der Waals surface area (Å²) in [5.74, 6) is 0.495. The highest BCUT2D eigenvalue weighted by Crippen LogP contribution is 2.23. The Bertz CT molecular complexity index is 1100. The molecule has 0 fully saturated rings. The standard InChI is InChI=1S/C24H25NO4/c1-15-6-8-20(12-16(15)2)25-17(3)13-22(19(25)5)23(26)14-28-24(27)11-10-21-9-7-18(4)29-21/h6-13H,14H2,1-5H3. The Hall–Kier alpha value is -3.34. The predicted octanol–water partition coefficient (Wildman–Crippen LogP) is 5.05. The second kappa shape index (κ2) is 8.35. The Morgan fingerprint density at radius 3 is 2.41 bits per heavy atom. The lowest BCUT2D eigenvalue weighted by Gasteiger charge is -2.12. The number of Topliss-reactive ketones (excluding diaryl/α,β-unsaturated/α-hetero) is 1. The largest absolute Gasteiger partial charge is 0.462 e. The molecule has 0 radical (unpaired) electrons. The third-order valence-corrected chi connectivity index (χ3v) is 4.97. The number of aromatic nitrogens is 1. The van der Waals surface area contributed by atoms with E-state index < -0.39 is 5.97 Å². The van der Waals surface area contributed by atoms with E-state index in [0.717, 1.165) is 22.8 Å². The Labute approximate surface area is 170 Å². The molecule has 0 spiro atoms. The number of furan rings is 1. The summed E-state index contributed by atoms with van der Waals surface area (Å²) < 4.78 is 12.5. The predicted molar refractivity (Wildman–Crippen MR) is 112 cm³/mol. The van der Waals surface area contributed by atoms with E-state index in [1.165, 1.54) is 23.3 Å². The van der Waals surface area contributed by atoms with Crippen LogP contribution in [0.1, 0.15) is 44.4 Å². The van der Waals surface area contributed by atoms with Crippen LogP contribution < -0.4 is 0 Å². The number of carbonyl (C=O) groups excluding carboxylic acids is 2. The molecule has 0 unspecified atom stereocenters. The molecule has 3 aromatic rings. The zero-order valence-corrected chi connectivity index (χ0v) is 17.4. The normalized spacial score (nSPS) is 11.2. The zero-order chi connectivity index (χ0) is 21.1. The van der Waals surface area contributed by atoms with Crippen molar-refractivity contribution >= 4 is 17.8 Å². The fraction of sp³-hybridized carbons (Fsp3) is 0.250. The lowest BCUT2D eigenvalue weighted by molar-refractivity contribution is -0.136. The number of ether oxygens (including phenoxy) is 1. The van der Waals surface area contributed by atoms with Crippen LogP contribution in [0.25, 0.3) is 11.8 Å². The summed E-state index contributed by atoms with van der Waals surface area (Å²) in [7, 11) is 0. The van der Waals surface area contributed by atoms with Crippen LogP contribution in [0.3, 0.4) is 0 Å². The Balaban J connectivity index is 1.70. The number of carbonyl (C=O) groups is 2. The van der Waals surface area contributed by atoms with Crippen LogP contribution in [0.5, 0.6) is 0 Å². The third kappa shape index (κ3) is 4.57. The maximum absolute atomic E-state index is 12.6. The van der Waals surface area contributed by atoms with E-state index in [4.69, 9.17) is 9.15 Å². The van der Waals surface area contributed by atoms with E-state index in [0.29, 0.717) is 11.3 Å². The first-order valence-corrected chi connectivity index (χ1v) is 9.47. The second-order valence-electron chi connectivity index (χ2n) is 7.20. The lowest BCUT2D eigenvalue weighted by atomic mass is 10.1. The van der Waals surface area contributed by atoms with Gasteiger partial charge in [0.2, 0.25) is 5.78 Å². The summed E-state index contributed by atoms with van der Waals surface area (Å²) in [6.45, 7) is 9.51. The van der Waals surface area contributed by atoms with Gasteiger partial charge in [0.1, 0.15) is 11.5 Å². The lowest BCUT2D eigenvalue weighted by Crippen LogP contribution is -2.13. The van der Waals surface area contributed by atoms with Crippen molar-refractivity contribution in [2.75, 3.05) is 6.61 Å². The van der Waals surface area contributed by atoms with Crippen LogP contribution in [-0.4, -0.2) is 22.9 Å². The quantitative estimate of drug-likeness (QED) is 0.335. The van der Waals surface area contributed by atoms with E-state index >= 15 is 0 Å². The van der Waals surface area contributed by atoms with Gasteiger partial charge < -0.3 is 13.7 Å². The Kier molecular flexibility index (Phi) is 5.87. The molecule has 2 aromatic heterocycles. The molecule has 0 saturated carbocycles. The van der Waals surface area contributed by atoms with Crippen molar-refractivity contribution in [2.45, 2.75) is 34.6 Å². The Morgan fingerprint density at radius 2 is 1.76 bits per heavy atom. The highest BCUT2D eigenvalue weighted by molar-refractivity contribution is 6.00. The molecule has 0 aliphatic heterocycles. The van der Waals surface area contributed by atoms with E-state index in [-0.39, 0.29) is 12.4 Å². The fourth-order valence-electron chi connectivity index (χ4n) is 3.26. The second-order valence-corrected chi connectivity index (χ2v) is 7.20. The summed E-state index contributed by atoms with van der Waals surface area (Å²) in [6, 6.07) is 11.6. The molecule has 0 aliphatic carbocycles. The van der Waals surface area contributed by atoms with Gasteiger partial charge in [-0.2, -0.15) is 0 Å². The number of ketones is 1. The molecule has 0 atom stereocenters.